The number of likely N-dealkylation sites (N-methyl/N-ethyl adjacent to an activating group) is 2. The lowest BCUT2D eigenvalue weighted by atomic mass is 9.89. The molecule has 2 aromatic rings. The summed E-state index contributed by atoms with van der Waals surface area (Å²) in [4.78, 5) is 79.7. The van der Waals surface area contributed by atoms with Gasteiger partial charge in [0.15, 0.2) is 12.0 Å². The van der Waals surface area contributed by atoms with Crippen LogP contribution < -0.4 is 10.6 Å². The minimum atomic E-state index is -0.782. The van der Waals surface area contributed by atoms with Gasteiger partial charge in [0, 0.05) is 39.8 Å². The molecule has 376 valence electrons. The summed E-state index contributed by atoms with van der Waals surface area (Å²) >= 11 is 1.27. The molecule has 1 aromatic carbocycles. The molecule has 2 saturated heterocycles. The number of hydrogen-bond donors (Lipinski definition) is 2. The van der Waals surface area contributed by atoms with Gasteiger partial charge in [-0.15, -0.1) is 11.3 Å². The van der Waals surface area contributed by atoms with Crippen LogP contribution in [-0.4, -0.2) is 154 Å². The van der Waals surface area contributed by atoms with Crippen molar-refractivity contribution in [1.82, 2.24) is 30.3 Å². The Morgan fingerprint density at radius 1 is 0.896 bits per heavy atom. The minimum absolute atomic E-state index is 0.00131. The van der Waals surface area contributed by atoms with Gasteiger partial charge in [-0.05, 0) is 75.9 Å². The van der Waals surface area contributed by atoms with Gasteiger partial charge in [-0.25, -0.2) is 9.78 Å². The number of nitrogens with one attached hydrogen (secondary N) is 2. The molecule has 10 atom stereocenters. The van der Waals surface area contributed by atoms with E-state index < -0.39 is 54.3 Å². The second-order valence-electron chi connectivity index (χ2n) is 19.1. The Labute approximate surface area is 403 Å². The molecule has 4 amide bonds. The number of thiazole rings is 1. The largest absolute Gasteiger partial charge is 0.458 e. The minimum Gasteiger partial charge on any atom is -0.458 e. The van der Waals surface area contributed by atoms with E-state index in [1.54, 1.807) is 43.4 Å². The van der Waals surface area contributed by atoms with Crippen molar-refractivity contribution in [1.29, 1.82) is 0 Å². The van der Waals surface area contributed by atoms with Crippen LogP contribution >= 0.6 is 11.3 Å². The Kier molecular flexibility index (Phi) is 22.6. The number of ether oxygens (including phenoxy) is 5. The van der Waals surface area contributed by atoms with Crippen LogP contribution in [0.3, 0.4) is 0 Å². The van der Waals surface area contributed by atoms with Crippen LogP contribution in [-0.2, 0) is 49.3 Å². The maximum Gasteiger partial charge on any atom is 0.357 e. The van der Waals surface area contributed by atoms with Crippen LogP contribution in [0.1, 0.15) is 121 Å². The van der Waals surface area contributed by atoms with Gasteiger partial charge in [-0.2, -0.15) is 0 Å². The lowest BCUT2D eigenvalue weighted by molar-refractivity contribution is -0.166. The van der Waals surface area contributed by atoms with Gasteiger partial charge in [-0.3, -0.25) is 24.1 Å². The molecular formula is C50H80N6O10S. The maximum atomic E-state index is 14.5. The molecule has 0 saturated carbocycles. The predicted molar refractivity (Wildman–Crippen MR) is 258 cm³/mol. The normalized spacial score (nSPS) is 20.1. The molecule has 67 heavy (non-hydrogen) atoms. The molecule has 2 aliphatic heterocycles. The molecule has 2 N–H and O–H groups in total. The highest BCUT2D eigenvalue weighted by atomic mass is 32.1. The Bertz CT molecular complexity index is 1850. The number of likely N-dealkylation sites (tertiary alicyclic amines) is 1. The predicted octanol–water partition coefficient (Wildman–Crippen LogP) is 5.89. The molecule has 17 heteroatoms. The third-order valence-corrected chi connectivity index (χ3v) is 14.3. The smallest absolute Gasteiger partial charge is 0.357 e. The number of hydrogen-bond acceptors (Lipinski definition) is 13. The van der Waals surface area contributed by atoms with E-state index in [1.807, 2.05) is 90.9 Å². The van der Waals surface area contributed by atoms with Crippen LogP contribution in [0.25, 0.3) is 0 Å². The number of carbonyl (C=O) groups excluding carboxylic acids is 5. The van der Waals surface area contributed by atoms with Crippen LogP contribution in [0.2, 0.25) is 0 Å². The van der Waals surface area contributed by atoms with Gasteiger partial charge < -0.3 is 44.1 Å². The van der Waals surface area contributed by atoms with Gasteiger partial charge in [-0.1, -0.05) is 85.2 Å². The molecule has 0 spiro atoms. The van der Waals surface area contributed by atoms with Crippen LogP contribution in [0.4, 0.5) is 0 Å². The third kappa shape index (κ3) is 15.5. The zero-order chi connectivity index (χ0) is 49.4. The zero-order valence-electron chi connectivity index (χ0n) is 42.2. The first kappa shape index (κ1) is 55.6. The van der Waals surface area contributed by atoms with Gasteiger partial charge in [0.25, 0.3) is 0 Å². The second kappa shape index (κ2) is 27.3. The lowest BCUT2D eigenvalue weighted by Crippen LogP contribution is -2.59. The molecule has 3 heterocycles. The van der Waals surface area contributed by atoms with Crippen molar-refractivity contribution in [3.63, 3.8) is 0 Å². The van der Waals surface area contributed by atoms with Gasteiger partial charge in [0.2, 0.25) is 23.6 Å². The van der Waals surface area contributed by atoms with Crippen LogP contribution in [0, 0.1) is 23.7 Å². The summed E-state index contributed by atoms with van der Waals surface area (Å²) in [7, 11) is 8.57. The Morgan fingerprint density at radius 2 is 1.61 bits per heavy atom. The Morgan fingerprint density at radius 3 is 2.21 bits per heavy atom. The number of esters is 1. The van der Waals surface area contributed by atoms with Crippen molar-refractivity contribution >= 4 is 40.9 Å². The van der Waals surface area contributed by atoms with E-state index in [0.717, 1.165) is 37.7 Å². The summed E-state index contributed by atoms with van der Waals surface area (Å²) in [5, 5.41) is 8.44. The Hall–Kier alpha value is -4.00. The summed E-state index contributed by atoms with van der Waals surface area (Å²) in [5.74, 6) is -2.36. The molecule has 1 aromatic heterocycles. The third-order valence-electron chi connectivity index (χ3n) is 13.3. The number of methoxy groups -OCH3 is 2. The highest BCUT2D eigenvalue weighted by Gasteiger charge is 2.43. The molecule has 0 aliphatic carbocycles. The van der Waals surface area contributed by atoms with Crippen molar-refractivity contribution in [3.05, 3.63) is 52.0 Å². The van der Waals surface area contributed by atoms with Crippen LogP contribution in [0.5, 0.6) is 0 Å². The topological polar surface area (TPSA) is 178 Å². The zero-order valence-corrected chi connectivity index (χ0v) is 43.0. The standard InChI is InChI=1S/C50H80N6O10S/c1-13-33(6)44(55(10)49(60)42(31(2)3)53-47(59)43(32(4)5)54(8)9)39(62-11)29-40(57)56-24-19-22-38(56)45(63-12)34(7)46(58)51-36(28-35-20-15-14-16-21-35)48-52-37(30-67-48)50(61)66-27-26-65-41-23-17-18-25-64-41/h14-16,20-21,30-34,36,38-39,41-45H,13,17-19,22-29H2,1-12H3,(H,51,58)(H,53,59)/t33-,34+,36-,38?,39+,41?,42?,43?,44-,45+/m0/s1. The van der Waals surface area contributed by atoms with Crippen molar-refractivity contribution in [2.75, 3.05) is 61.7 Å². The molecular weight excluding hydrogens is 877 g/mol. The van der Waals surface area contributed by atoms with E-state index >= 15 is 0 Å². The first-order valence-corrected chi connectivity index (χ1v) is 25.1. The van der Waals surface area contributed by atoms with Crippen molar-refractivity contribution in [3.8, 4) is 0 Å². The number of rotatable bonds is 26. The average Bonchev–Trinajstić information content (AvgIpc) is 4.01. The maximum absolute atomic E-state index is 14.5. The number of amides is 4. The fraction of sp³-hybridized carbons (Fsp3) is 0.720. The highest BCUT2D eigenvalue weighted by Crippen LogP contribution is 2.31. The van der Waals surface area contributed by atoms with Gasteiger partial charge >= 0.3 is 5.97 Å². The molecule has 16 nitrogen and oxygen atoms in total. The lowest BCUT2D eigenvalue weighted by Gasteiger charge is -2.41. The summed E-state index contributed by atoms with van der Waals surface area (Å²) in [6, 6.07) is 7.10. The first-order chi connectivity index (χ1) is 31.9. The average molecular weight is 957 g/mol. The van der Waals surface area contributed by atoms with E-state index in [-0.39, 0.29) is 73.0 Å². The summed E-state index contributed by atoms with van der Waals surface area (Å²) in [6.07, 6.45) is 3.80. The fourth-order valence-corrected chi connectivity index (χ4v) is 10.4. The van der Waals surface area contributed by atoms with Gasteiger partial charge in [0.05, 0.1) is 55.3 Å². The SMILES string of the molecule is CC[C@H](C)[C@@H]([C@@H](CC(=O)N1CCCC1[C@H](OC)[C@@H](C)C(=O)N[C@@H](Cc1ccccc1)c1nc(C(=O)OCCOC2CCCCO2)cs1)OC)N(C)C(=O)C(NC(=O)C(C(C)C)N(C)C)C(C)C. The molecule has 4 unspecified atom stereocenters. The highest BCUT2D eigenvalue weighted by molar-refractivity contribution is 7.09. The van der Waals surface area contributed by atoms with E-state index in [4.69, 9.17) is 23.7 Å². The van der Waals surface area contributed by atoms with E-state index in [0.29, 0.717) is 31.0 Å². The number of aromatic nitrogens is 1. The second-order valence-corrected chi connectivity index (χ2v) is 20.0. The quantitative estimate of drug-likeness (QED) is 0.0846. The molecule has 2 aliphatic rings. The van der Waals surface area contributed by atoms with E-state index in [9.17, 15) is 24.0 Å². The number of carbonyl (C=O) groups is 5. The number of benzene rings is 1. The Balaban J connectivity index is 1.47. The molecule has 2 fully saturated rings. The van der Waals surface area contributed by atoms with E-state index in [1.165, 1.54) is 11.3 Å². The summed E-state index contributed by atoms with van der Waals surface area (Å²) < 4.78 is 28.9. The summed E-state index contributed by atoms with van der Waals surface area (Å²) in [5.41, 5.74) is 1.12. The van der Waals surface area contributed by atoms with Gasteiger partial charge in [0.1, 0.15) is 17.7 Å². The van der Waals surface area contributed by atoms with Crippen molar-refractivity contribution in [2.45, 2.75) is 149 Å². The molecule has 4 rings (SSSR count). The van der Waals surface area contributed by atoms with E-state index in [2.05, 4.69) is 15.6 Å². The van der Waals surface area contributed by atoms with Crippen LogP contribution in [0.15, 0.2) is 35.7 Å². The molecule has 0 bridgehead atoms. The van der Waals surface area contributed by atoms with Crippen molar-refractivity contribution in [2.24, 2.45) is 23.7 Å². The first-order valence-electron chi connectivity index (χ1n) is 24.2. The summed E-state index contributed by atoms with van der Waals surface area (Å²) in [6.45, 7) is 15.1. The number of nitrogens with zero attached hydrogens (tertiary/aromatic N) is 4. The fourth-order valence-electron chi connectivity index (χ4n) is 9.54. The molecule has 0 radical (unpaired) electrons. The van der Waals surface area contributed by atoms with Crippen molar-refractivity contribution < 1.29 is 47.7 Å². The monoisotopic (exact) mass is 957 g/mol.